The van der Waals surface area contributed by atoms with Gasteiger partial charge in [0, 0.05) is 12.4 Å². The lowest BCUT2D eigenvalue weighted by atomic mass is 10.3. The van der Waals surface area contributed by atoms with Crippen molar-refractivity contribution in [3.8, 4) is 0 Å². The van der Waals surface area contributed by atoms with Crippen molar-refractivity contribution in [1.29, 1.82) is 0 Å². The summed E-state index contributed by atoms with van der Waals surface area (Å²) in [5.41, 5.74) is 1.24. The number of amides is 1. The number of aliphatic carboxylic acids is 1. The molecule has 6 nitrogen and oxygen atoms in total. The number of pyridine rings is 1. The predicted molar refractivity (Wildman–Crippen MR) is 64.6 cm³/mol. The van der Waals surface area contributed by atoms with Crippen LogP contribution in [0.1, 0.15) is 5.69 Å². The number of carbonyl (C=O) groups is 2. The molecule has 0 bridgehead atoms. The zero-order valence-electron chi connectivity index (χ0n) is 9.26. The minimum atomic E-state index is -1.08. The molecule has 0 unspecified atom stereocenters. The minimum Gasteiger partial charge on any atom is -0.480 e. The van der Waals surface area contributed by atoms with Gasteiger partial charge in [-0.15, -0.1) is 0 Å². The number of carboxylic acid groups (broad SMARTS) is 1. The van der Waals surface area contributed by atoms with Crippen LogP contribution in [-0.4, -0.2) is 32.9 Å². The summed E-state index contributed by atoms with van der Waals surface area (Å²) in [4.78, 5) is 25.9. The molecule has 0 aliphatic rings. The Morgan fingerprint density at radius 2 is 2.17 bits per heavy atom. The summed E-state index contributed by atoms with van der Waals surface area (Å²) in [6.45, 7) is -0.391. The second-order valence-electron chi connectivity index (χ2n) is 3.69. The Balaban J connectivity index is 2.07. The fraction of sp³-hybridized carbons (Fsp3) is 0.182. The largest absolute Gasteiger partial charge is 0.480 e. The lowest BCUT2D eigenvalue weighted by molar-refractivity contribution is -0.137. The van der Waals surface area contributed by atoms with Crippen LogP contribution in [0.2, 0.25) is 5.02 Å². The zero-order valence-corrected chi connectivity index (χ0v) is 10.0. The Morgan fingerprint density at radius 3 is 2.89 bits per heavy atom. The molecular weight excluding hydrogens is 258 g/mol. The van der Waals surface area contributed by atoms with Crippen molar-refractivity contribution in [2.24, 2.45) is 0 Å². The fourth-order valence-corrected chi connectivity index (χ4v) is 1.67. The normalized spacial score (nSPS) is 10.5. The number of carbonyl (C=O) groups excluding carboxylic acids is 1. The van der Waals surface area contributed by atoms with E-state index in [0.29, 0.717) is 16.4 Å². The van der Waals surface area contributed by atoms with Crippen molar-refractivity contribution in [3.63, 3.8) is 0 Å². The van der Waals surface area contributed by atoms with E-state index in [1.807, 2.05) is 0 Å². The SMILES string of the molecule is O=C(O)CNC(=O)Cc1cn2cc(Cl)ccc2n1. The second-order valence-corrected chi connectivity index (χ2v) is 4.13. The summed E-state index contributed by atoms with van der Waals surface area (Å²) in [5.74, 6) is -1.46. The molecule has 2 aromatic heterocycles. The number of fused-ring (bicyclic) bond motifs is 1. The van der Waals surface area contributed by atoms with Gasteiger partial charge in [-0.25, -0.2) is 4.98 Å². The summed E-state index contributed by atoms with van der Waals surface area (Å²) in [5, 5.41) is 11.3. The average molecular weight is 268 g/mol. The smallest absolute Gasteiger partial charge is 0.322 e. The van der Waals surface area contributed by atoms with Crippen LogP contribution >= 0.6 is 11.6 Å². The van der Waals surface area contributed by atoms with Crippen molar-refractivity contribution in [1.82, 2.24) is 14.7 Å². The first-order chi connectivity index (χ1) is 8.54. The average Bonchev–Trinajstić information content (AvgIpc) is 2.67. The van der Waals surface area contributed by atoms with E-state index >= 15 is 0 Å². The van der Waals surface area contributed by atoms with E-state index in [1.165, 1.54) is 0 Å². The van der Waals surface area contributed by atoms with Crippen LogP contribution in [0.5, 0.6) is 0 Å². The van der Waals surface area contributed by atoms with Crippen molar-refractivity contribution >= 4 is 29.1 Å². The molecule has 2 heterocycles. The van der Waals surface area contributed by atoms with Crippen molar-refractivity contribution < 1.29 is 14.7 Å². The third-order valence-corrected chi connectivity index (χ3v) is 2.47. The quantitative estimate of drug-likeness (QED) is 0.855. The molecule has 0 spiro atoms. The number of hydrogen-bond acceptors (Lipinski definition) is 3. The van der Waals surface area contributed by atoms with Gasteiger partial charge in [0.1, 0.15) is 12.2 Å². The zero-order chi connectivity index (χ0) is 13.1. The first-order valence-corrected chi connectivity index (χ1v) is 5.54. The van der Waals surface area contributed by atoms with Gasteiger partial charge in [-0.3, -0.25) is 9.59 Å². The lowest BCUT2D eigenvalue weighted by Gasteiger charge is -1.98. The first kappa shape index (κ1) is 12.4. The number of carboxylic acids is 1. The maximum atomic E-state index is 11.4. The number of hydrogen-bond donors (Lipinski definition) is 2. The molecule has 2 N–H and O–H groups in total. The van der Waals surface area contributed by atoms with Crippen molar-refractivity contribution in [2.75, 3.05) is 6.54 Å². The molecule has 18 heavy (non-hydrogen) atoms. The summed E-state index contributed by atoms with van der Waals surface area (Å²) in [7, 11) is 0. The van der Waals surface area contributed by atoms with Crippen LogP contribution in [-0.2, 0) is 16.0 Å². The molecule has 0 saturated carbocycles. The monoisotopic (exact) mass is 267 g/mol. The van der Waals surface area contributed by atoms with Crippen LogP contribution in [0.15, 0.2) is 24.5 Å². The van der Waals surface area contributed by atoms with Crippen LogP contribution in [0.25, 0.3) is 5.65 Å². The highest BCUT2D eigenvalue weighted by atomic mass is 35.5. The Hall–Kier alpha value is -2.08. The van der Waals surface area contributed by atoms with Gasteiger partial charge < -0.3 is 14.8 Å². The number of halogens is 1. The third-order valence-electron chi connectivity index (χ3n) is 2.24. The number of rotatable bonds is 4. The third kappa shape index (κ3) is 2.98. The Morgan fingerprint density at radius 1 is 1.39 bits per heavy atom. The maximum absolute atomic E-state index is 11.4. The Labute approximate surface area is 107 Å². The molecule has 0 saturated heterocycles. The van der Waals surface area contributed by atoms with Crippen LogP contribution in [0.3, 0.4) is 0 Å². The minimum absolute atomic E-state index is 0.0343. The summed E-state index contributed by atoms with van der Waals surface area (Å²) >= 11 is 5.83. The molecule has 0 atom stereocenters. The van der Waals surface area contributed by atoms with Gasteiger partial charge in [0.2, 0.25) is 5.91 Å². The fourth-order valence-electron chi connectivity index (χ4n) is 1.50. The standard InChI is InChI=1S/C11H10ClN3O3/c12-7-1-2-9-14-8(6-15(9)5-7)3-10(16)13-4-11(17)18/h1-2,5-6H,3-4H2,(H,13,16)(H,17,18). The molecule has 2 aromatic rings. The molecule has 0 aliphatic carbocycles. The number of nitrogens with zero attached hydrogens (tertiary/aromatic N) is 2. The molecule has 0 aromatic carbocycles. The topological polar surface area (TPSA) is 83.7 Å². The highest BCUT2D eigenvalue weighted by molar-refractivity contribution is 6.30. The van der Waals surface area contributed by atoms with Crippen LogP contribution < -0.4 is 5.32 Å². The van der Waals surface area contributed by atoms with Crippen LogP contribution in [0.4, 0.5) is 0 Å². The van der Waals surface area contributed by atoms with E-state index in [2.05, 4.69) is 10.3 Å². The first-order valence-electron chi connectivity index (χ1n) is 5.16. The van der Waals surface area contributed by atoms with E-state index in [-0.39, 0.29) is 12.3 Å². The van der Waals surface area contributed by atoms with Gasteiger partial charge in [0.25, 0.3) is 0 Å². The molecule has 7 heteroatoms. The van der Waals surface area contributed by atoms with E-state index < -0.39 is 12.5 Å². The van der Waals surface area contributed by atoms with Crippen molar-refractivity contribution in [2.45, 2.75) is 6.42 Å². The van der Waals surface area contributed by atoms with Gasteiger partial charge in [-0.1, -0.05) is 11.6 Å². The maximum Gasteiger partial charge on any atom is 0.322 e. The molecular formula is C11H10ClN3O3. The van der Waals surface area contributed by atoms with E-state index in [9.17, 15) is 9.59 Å². The number of imidazole rings is 1. The van der Waals surface area contributed by atoms with E-state index in [4.69, 9.17) is 16.7 Å². The Bertz CT molecular complexity index is 609. The predicted octanol–water partition coefficient (Wildman–Crippen LogP) is 0.731. The highest BCUT2D eigenvalue weighted by Crippen LogP contribution is 2.11. The molecule has 0 aliphatic heterocycles. The van der Waals surface area contributed by atoms with Gasteiger partial charge >= 0.3 is 5.97 Å². The molecule has 1 amide bonds. The van der Waals surface area contributed by atoms with Gasteiger partial charge in [-0.2, -0.15) is 0 Å². The van der Waals surface area contributed by atoms with E-state index in [0.717, 1.165) is 0 Å². The lowest BCUT2D eigenvalue weighted by Crippen LogP contribution is -2.30. The highest BCUT2D eigenvalue weighted by Gasteiger charge is 2.08. The molecule has 94 valence electrons. The number of aromatic nitrogens is 2. The van der Waals surface area contributed by atoms with Gasteiger partial charge in [-0.05, 0) is 12.1 Å². The second kappa shape index (κ2) is 5.05. The number of nitrogens with one attached hydrogen (secondary N) is 1. The van der Waals surface area contributed by atoms with E-state index in [1.54, 1.807) is 28.9 Å². The summed E-state index contributed by atoms with van der Waals surface area (Å²) < 4.78 is 1.71. The molecule has 2 rings (SSSR count). The molecule has 0 radical (unpaired) electrons. The Kier molecular flexibility index (Phi) is 3.47. The molecule has 0 fully saturated rings. The summed E-state index contributed by atoms with van der Waals surface area (Å²) in [6, 6.07) is 3.44. The van der Waals surface area contributed by atoms with Crippen LogP contribution in [0, 0.1) is 0 Å². The van der Waals surface area contributed by atoms with Crippen molar-refractivity contribution in [3.05, 3.63) is 35.2 Å². The van der Waals surface area contributed by atoms with Gasteiger partial charge in [0.05, 0.1) is 17.1 Å². The summed E-state index contributed by atoms with van der Waals surface area (Å²) in [6.07, 6.45) is 3.40. The van der Waals surface area contributed by atoms with Gasteiger partial charge in [0.15, 0.2) is 0 Å².